The first-order valence-corrected chi connectivity index (χ1v) is 10.9. The van der Waals surface area contributed by atoms with Gasteiger partial charge in [-0.05, 0) is 41.7 Å². The predicted molar refractivity (Wildman–Crippen MR) is 130 cm³/mol. The van der Waals surface area contributed by atoms with Crippen molar-refractivity contribution in [1.82, 2.24) is 24.5 Å². The number of hydrogen-bond acceptors (Lipinski definition) is 6. The molecule has 1 N–H and O–H groups in total. The Morgan fingerprint density at radius 2 is 1.84 bits per heavy atom. The van der Waals surface area contributed by atoms with Gasteiger partial charge in [0.05, 0.1) is 16.4 Å². The number of nitrogens with zero attached hydrogens (tertiary/aromatic N) is 6. The van der Waals surface area contributed by atoms with E-state index in [2.05, 4.69) is 86.5 Å². The molecule has 0 aliphatic rings. The second kappa shape index (κ2) is 9.45. The van der Waals surface area contributed by atoms with Crippen molar-refractivity contribution < 1.29 is 0 Å². The monoisotopic (exact) mass is 479 g/mol. The molecule has 0 radical (unpaired) electrons. The number of benzene rings is 1. The molecule has 7 nitrogen and oxygen atoms in total. The highest BCUT2D eigenvalue weighted by molar-refractivity contribution is 9.10. The van der Waals surface area contributed by atoms with E-state index in [0.29, 0.717) is 6.54 Å². The van der Waals surface area contributed by atoms with E-state index in [4.69, 9.17) is 4.98 Å². The van der Waals surface area contributed by atoms with Crippen LogP contribution in [-0.2, 0) is 6.54 Å². The smallest absolute Gasteiger partial charge is 0.172 e. The van der Waals surface area contributed by atoms with Crippen LogP contribution in [0.3, 0.4) is 0 Å². The molecule has 1 aromatic carbocycles. The minimum absolute atomic E-state index is 0.704. The molecule has 3 heterocycles. The topological polar surface area (TPSA) is 61.6 Å². The SMILES string of the molecule is CN(C)CCNc1ccc(CN(C)c2cc(-c3ccccc3)nc3c(Br)cnn23)cn1. The Morgan fingerprint density at radius 1 is 1.03 bits per heavy atom. The van der Waals surface area contributed by atoms with Gasteiger partial charge in [0, 0.05) is 44.5 Å². The van der Waals surface area contributed by atoms with E-state index in [1.54, 1.807) is 6.20 Å². The van der Waals surface area contributed by atoms with Crippen molar-refractivity contribution in [1.29, 1.82) is 0 Å². The van der Waals surface area contributed by atoms with Crippen LogP contribution < -0.4 is 10.2 Å². The summed E-state index contributed by atoms with van der Waals surface area (Å²) < 4.78 is 2.73. The third kappa shape index (κ3) is 5.03. The molecular formula is C23H26BrN7. The van der Waals surface area contributed by atoms with Crippen LogP contribution in [-0.4, -0.2) is 58.7 Å². The van der Waals surface area contributed by atoms with Crippen molar-refractivity contribution >= 4 is 33.2 Å². The van der Waals surface area contributed by atoms with Gasteiger partial charge in [-0.15, -0.1) is 0 Å². The number of likely N-dealkylation sites (N-methyl/N-ethyl adjacent to an activating group) is 1. The standard InChI is InChI=1S/C23H26BrN7/c1-29(2)12-11-25-21-10-9-17(14-26-21)16-30(3)22-13-20(18-7-5-4-6-8-18)28-23-19(24)15-27-31(22)23/h4-10,13-15H,11-12,16H2,1-3H3,(H,25,26). The number of hydrogen-bond donors (Lipinski definition) is 1. The van der Waals surface area contributed by atoms with E-state index in [-0.39, 0.29) is 0 Å². The maximum atomic E-state index is 4.81. The first-order chi connectivity index (χ1) is 15.0. The molecule has 0 spiro atoms. The zero-order valence-corrected chi connectivity index (χ0v) is 19.5. The molecule has 4 rings (SSSR count). The summed E-state index contributed by atoms with van der Waals surface area (Å²) in [6.07, 6.45) is 3.70. The molecule has 31 heavy (non-hydrogen) atoms. The molecule has 160 valence electrons. The highest BCUT2D eigenvalue weighted by Crippen LogP contribution is 2.28. The van der Waals surface area contributed by atoms with E-state index < -0.39 is 0 Å². The van der Waals surface area contributed by atoms with Crippen molar-refractivity contribution in [2.45, 2.75) is 6.54 Å². The summed E-state index contributed by atoms with van der Waals surface area (Å²) in [5, 5.41) is 7.86. The molecule has 4 aromatic rings. The summed E-state index contributed by atoms with van der Waals surface area (Å²) in [5.74, 6) is 1.85. The number of halogens is 1. The van der Waals surface area contributed by atoms with Crippen LogP contribution in [0, 0.1) is 0 Å². The van der Waals surface area contributed by atoms with Crippen molar-refractivity contribution in [2.75, 3.05) is 44.4 Å². The summed E-state index contributed by atoms with van der Waals surface area (Å²) in [7, 11) is 6.18. The minimum Gasteiger partial charge on any atom is -0.369 e. The molecule has 0 saturated heterocycles. The molecule has 0 amide bonds. The highest BCUT2D eigenvalue weighted by atomic mass is 79.9. The van der Waals surface area contributed by atoms with Gasteiger partial charge in [-0.2, -0.15) is 9.61 Å². The Labute approximate surface area is 190 Å². The Hall–Kier alpha value is -2.97. The quantitative estimate of drug-likeness (QED) is 0.409. The van der Waals surface area contributed by atoms with Crippen LogP contribution in [0.1, 0.15) is 5.56 Å². The Balaban J connectivity index is 1.57. The second-order valence-electron chi connectivity index (χ2n) is 7.73. The fourth-order valence-corrected chi connectivity index (χ4v) is 3.68. The summed E-state index contributed by atoms with van der Waals surface area (Å²) >= 11 is 3.58. The van der Waals surface area contributed by atoms with Gasteiger partial charge >= 0.3 is 0 Å². The molecule has 0 atom stereocenters. The van der Waals surface area contributed by atoms with Gasteiger partial charge in [0.1, 0.15) is 11.6 Å². The number of pyridine rings is 1. The maximum absolute atomic E-state index is 4.81. The molecule has 8 heteroatoms. The molecule has 0 unspecified atom stereocenters. The van der Waals surface area contributed by atoms with Crippen LogP contribution in [0.5, 0.6) is 0 Å². The zero-order valence-electron chi connectivity index (χ0n) is 18.0. The molecule has 0 aliphatic carbocycles. The van der Waals surface area contributed by atoms with E-state index in [1.807, 2.05) is 35.0 Å². The van der Waals surface area contributed by atoms with E-state index in [0.717, 1.165) is 51.7 Å². The molecule has 0 saturated carbocycles. The lowest BCUT2D eigenvalue weighted by Crippen LogP contribution is -2.21. The number of nitrogens with one attached hydrogen (secondary N) is 1. The van der Waals surface area contributed by atoms with Crippen LogP contribution in [0.15, 0.2) is 65.4 Å². The fraction of sp³-hybridized carbons (Fsp3) is 0.261. The lowest BCUT2D eigenvalue weighted by atomic mass is 10.1. The van der Waals surface area contributed by atoms with Crippen molar-refractivity contribution in [3.05, 3.63) is 71.0 Å². The van der Waals surface area contributed by atoms with Crippen LogP contribution >= 0.6 is 15.9 Å². The average Bonchev–Trinajstić information content (AvgIpc) is 3.15. The van der Waals surface area contributed by atoms with Crippen molar-refractivity contribution in [2.24, 2.45) is 0 Å². The molecule has 0 fully saturated rings. The summed E-state index contributed by atoms with van der Waals surface area (Å²) in [5.41, 5.74) is 3.90. The third-order valence-corrected chi connectivity index (χ3v) is 5.54. The van der Waals surface area contributed by atoms with Crippen LogP contribution in [0.4, 0.5) is 11.6 Å². The van der Waals surface area contributed by atoms with Gasteiger partial charge < -0.3 is 15.1 Å². The van der Waals surface area contributed by atoms with Gasteiger partial charge in [0.15, 0.2) is 5.65 Å². The third-order valence-electron chi connectivity index (χ3n) is 4.98. The predicted octanol–water partition coefficient (Wildman–Crippen LogP) is 4.16. The summed E-state index contributed by atoms with van der Waals surface area (Å²) in [6, 6.07) is 16.4. The van der Waals surface area contributed by atoms with Gasteiger partial charge in [0.25, 0.3) is 0 Å². The maximum Gasteiger partial charge on any atom is 0.172 e. The molecule has 3 aromatic heterocycles. The average molecular weight is 480 g/mol. The van der Waals surface area contributed by atoms with Gasteiger partial charge in [-0.3, -0.25) is 0 Å². The Bertz CT molecular complexity index is 1140. The highest BCUT2D eigenvalue weighted by Gasteiger charge is 2.15. The van der Waals surface area contributed by atoms with E-state index in [9.17, 15) is 0 Å². The van der Waals surface area contributed by atoms with E-state index in [1.165, 1.54) is 0 Å². The van der Waals surface area contributed by atoms with Gasteiger partial charge in [-0.1, -0.05) is 36.4 Å². The lowest BCUT2D eigenvalue weighted by molar-refractivity contribution is 0.425. The molecule has 0 aliphatic heterocycles. The zero-order chi connectivity index (χ0) is 21.8. The van der Waals surface area contributed by atoms with Crippen molar-refractivity contribution in [3.63, 3.8) is 0 Å². The van der Waals surface area contributed by atoms with Gasteiger partial charge in [-0.25, -0.2) is 9.97 Å². The second-order valence-corrected chi connectivity index (χ2v) is 8.59. The number of fused-ring (bicyclic) bond motifs is 1. The van der Waals surface area contributed by atoms with E-state index >= 15 is 0 Å². The number of anilines is 2. The summed E-state index contributed by atoms with van der Waals surface area (Å²) in [4.78, 5) is 13.7. The largest absolute Gasteiger partial charge is 0.369 e. The summed E-state index contributed by atoms with van der Waals surface area (Å²) in [6.45, 7) is 2.54. The number of rotatable bonds is 8. The number of aromatic nitrogens is 4. The Morgan fingerprint density at radius 3 is 2.55 bits per heavy atom. The fourth-order valence-electron chi connectivity index (χ4n) is 3.33. The Kier molecular flexibility index (Phi) is 6.48. The van der Waals surface area contributed by atoms with Crippen LogP contribution in [0.25, 0.3) is 16.9 Å². The molecular weight excluding hydrogens is 454 g/mol. The first kappa shape index (κ1) is 21.3. The normalized spacial score (nSPS) is 11.3. The molecule has 0 bridgehead atoms. The minimum atomic E-state index is 0.704. The van der Waals surface area contributed by atoms with Gasteiger partial charge in [0.2, 0.25) is 0 Å². The lowest BCUT2D eigenvalue weighted by Gasteiger charge is -2.21. The first-order valence-electron chi connectivity index (χ1n) is 10.2. The van der Waals surface area contributed by atoms with Crippen LogP contribution in [0.2, 0.25) is 0 Å². The van der Waals surface area contributed by atoms with Crippen molar-refractivity contribution in [3.8, 4) is 11.3 Å².